The third-order valence-corrected chi connectivity index (χ3v) is 8.80. The number of aliphatic imine (C=N–C) groups is 1. The molecule has 7 rings (SSSR count). The number of fused-ring (bicyclic) bond motifs is 1. The molecule has 0 aromatic heterocycles. The summed E-state index contributed by atoms with van der Waals surface area (Å²) in [6.07, 6.45) is 3.36. The molecule has 0 bridgehead atoms. The summed E-state index contributed by atoms with van der Waals surface area (Å²) in [6.45, 7) is 0.900. The molecule has 0 unspecified atom stereocenters. The highest BCUT2D eigenvalue weighted by molar-refractivity contribution is 6.16. The Labute approximate surface area is 219 Å². The van der Waals surface area contributed by atoms with Crippen LogP contribution in [0.2, 0.25) is 0 Å². The molecular formula is C30H25FN4O3. The normalized spacial score (nSPS) is 26.1. The second-order valence-corrected chi connectivity index (χ2v) is 11.3. The Bertz CT molecular complexity index is 1610. The molecule has 38 heavy (non-hydrogen) atoms. The van der Waals surface area contributed by atoms with Gasteiger partial charge in [0.05, 0.1) is 36.2 Å². The molecule has 4 aliphatic rings. The minimum absolute atomic E-state index is 0.0468. The number of quaternary nitrogens is 1. The summed E-state index contributed by atoms with van der Waals surface area (Å²) in [4.78, 5) is 31.0. The number of nitrogens with zero attached hydrogens (tertiary/aromatic N) is 4. The number of carbonyl (C=O) groups is 2. The molecule has 3 fully saturated rings. The van der Waals surface area contributed by atoms with E-state index in [4.69, 9.17) is 10.3 Å². The monoisotopic (exact) mass is 508 g/mol. The maximum atomic E-state index is 15.6. The first kappa shape index (κ1) is 23.2. The Morgan fingerprint density at radius 2 is 1.74 bits per heavy atom. The highest BCUT2D eigenvalue weighted by atomic mass is 19.1. The van der Waals surface area contributed by atoms with Gasteiger partial charge in [-0.25, -0.2) is 4.39 Å². The van der Waals surface area contributed by atoms with E-state index in [9.17, 15) is 14.8 Å². The van der Waals surface area contributed by atoms with E-state index in [1.807, 2.05) is 36.4 Å². The van der Waals surface area contributed by atoms with Crippen LogP contribution in [0.15, 0.2) is 59.6 Å². The number of rotatable bonds is 6. The van der Waals surface area contributed by atoms with Gasteiger partial charge in [-0.1, -0.05) is 24.3 Å². The van der Waals surface area contributed by atoms with Crippen molar-refractivity contribution in [3.05, 3.63) is 76.7 Å². The summed E-state index contributed by atoms with van der Waals surface area (Å²) >= 11 is 0. The van der Waals surface area contributed by atoms with Crippen LogP contribution in [0.1, 0.15) is 36.8 Å². The van der Waals surface area contributed by atoms with Crippen LogP contribution in [0.25, 0.3) is 21.9 Å². The zero-order valence-corrected chi connectivity index (χ0v) is 20.7. The van der Waals surface area contributed by atoms with E-state index in [-0.39, 0.29) is 17.4 Å². The molecule has 2 aliphatic heterocycles. The maximum Gasteiger partial charge on any atom is 0.256 e. The molecular weight excluding hydrogens is 483 g/mol. The SMILES string of the molecule is N#Cc1ccc2cc(-c3ccc(C4=NC5(CC5)C(=O)N4CC4C[N+]([O-])(C5(C=O)CC5)C4)c(F)c3)ccc2c1. The lowest BCUT2D eigenvalue weighted by Gasteiger charge is -2.58. The van der Waals surface area contributed by atoms with Crippen molar-refractivity contribution in [1.82, 2.24) is 4.90 Å². The number of hydrogen-bond donors (Lipinski definition) is 0. The average Bonchev–Trinajstić information content (AvgIpc) is 3.83. The summed E-state index contributed by atoms with van der Waals surface area (Å²) in [5.41, 5.74) is 0.835. The van der Waals surface area contributed by atoms with Crippen LogP contribution in [0.5, 0.6) is 0 Å². The number of halogens is 1. The van der Waals surface area contributed by atoms with Gasteiger partial charge in [-0.15, -0.1) is 0 Å². The number of amides is 1. The van der Waals surface area contributed by atoms with Crippen LogP contribution in [-0.4, -0.2) is 58.3 Å². The van der Waals surface area contributed by atoms with Gasteiger partial charge in [0.1, 0.15) is 17.2 Å². The van der Waals surface area contributed by atoms with Gasteiger partial charge < -0.3 is 9.85 Å². The van der Waals surface area contributed by atoms with Crippen molar-refractivity contribution < 1.29 is 18.6 Å². The van der Waals surface area contributed by atoms with Gasteiger partial charge in [0.2, 0.25) is 0 Å². The molecule has 7 nitrogen and oxygen atoms in total. The van der Waals surface area contributed by atoms with Gasteiger partial charge in [0.15, 0.2) is 11.8 Å². The topological polar surface area (TPSA) is 96.6 Å². The van der Waals surface area contributed by atoms with Crippen LogP contribution in [-0.2, 0) is 9.59 Å². The summed E-state index contributed by atoms with van der Waals surface area (Å²) < 4.78 is 15.1. The first-order valence-electron chi connectivity index (χ1n) is 13.0. The highest BCUT2D eigenvalue weighted by Crippen LogP contribution is 2.51. The fourth-order valence-electron chi connectivity index (χ4n) is 6.12. The number of amidine groups is 1. The molecule has 3 aromatic carbocycles. The Balaban J connectivity index is 1.15. The first-order chi connectivity index (χ1) is 18.3. The van der Waals surface area contributed by atoms with Gasteiger partial charge in [0, 0.05) is 19.4 Å². The number of hydroxylamine groups is 3. The fourth-order valence-corrected chi connectivity index (χ4v) is 6.12. The van der Waals surface area contributed by atoms with E-state index in [1.165, 1.54) is 6.07 Å². The lowest BCUT2D eigenvalue weighted by atomic mass is 9.94. The van der Waals surface area contributed by atoms with Crippen molar-refractivity contribution in [2.75, 3.05) is 19.6 Å². The van der Waals surface area contributed by atoms with Crippen molar-refractivity contribution in [3.63, 3.8) is 0 Å². The second-order valence-electron chi connectivity index (χ2n) is 11.3. The van der Waals surface area contributed by atoms with Gasteiger partial charge in [-0.3, -0.25) is 19.5 Å². The average molecular weight is 509 g/mol. The highest BCUT2D eigenvalue weighted by Gasteiger charge is 2.63. The summed E-state index contributed by atoms with van der Waals surface area (Å²) in [7, 11) is 0. The van der Waals surface area contributed by atoms with Crippen molar-refractivity contribution in [2.45, 2.75) is 36.8 Å². The molecule has 1 spiro atoms. The smallest absolute Gasteiger partial charge is 0.256 e. The van der Waals surface area contributed by atoms with E-state index < -0.39 is 21.5 Å². The Morgan fingerprint density at radius 3 is 2.39 bits per heavy atom. The van der Waals surface area contributed by atoms with E-state index in [1.54, 1.807) is 17.0 Å². The maximum absolute atomic E-state index is 15.6. The minimum atomic E-state index is -0.789. The Kier molecular flexibility index (Phi) is 4.76. The molecule has 190 valence electrons. The van der Waals surface area contributed by atoms with Crippen LogP contribution >= 0.6 is 0 Å². The molecule has 2 aliphatic carbocycles. The zero-order valence-electron chi connectivity index (χ0n) is 20.7. The van der Waals surface area contributed by atoms with Crippen LogP contribution in [0.4, 0.5) is 4.39 Å². The minimum Gasteiger partial charge on any atom is -0.632 e. The van der Waals surface area contributed by atoms with Crippen LogP contribution in [0.3, 0.4) is 0 Å². The third kappa shape index (κ3) is 3.35. The van der Waals surface area contributed by atoms with E-state index in [2.05, 4.69) is 6.07 Å². The Morgan fingerprint density at radius 1 is 1.05 bits per heavy atom. The molecule has 1 amide bonds. The van der Waals surface area contributed by atoms with Gasteiger partial charge in [-0.05, 0) is 65.1 Å². The Hall–Kier alpha value is -3.93. The number of likely N-dealkylation sites (tertiary alicyclic amines) is 1. The summed E-state index contributed by atoms with van der Waals surface area (Å²) in [5.74, 6) is -0.284. The van der Waals surface area contributed by atoms with E-state index in [0.717, 1.165) is 22.6 Å². The summed E-state index contributed by atoms with van der Waals surface area (Å²) in [5, 5.41) is 24.1. The van der Waals surface area contributed by atoms with Gasteiger partial charge in [-0.2, -0.15) is 5.26 Å². The predicted octanol–water partition coefficient (Wildman–Crippen LogP) is 4.31. The van der Waals surface area contributed by atoms with E-state index in [0.29, 0.717) is 62.3 Å². The molecule has 0 N–H and O–H groups in total. The number of aldehydes is 1. The van der Waals surface area contributed by atoms with Crippen LogP contribution < -0.4 is 0 Å². The van der Waals surface area contributed by atoms with Crippen LogP contribution in [0, 0.1) is 28.3 Å². The number of hydrogen-bond acceptors (Lipinski definition) is 5. The van der Waals surface area contributed by atoms with Crippen molar-refractivity contribution in [2.24, 2.45) is 10.9 Å². The standard InChI is InChI=1S/C30H25FN4O3/c31-26-13-24(23-4-3-21-11-19(14-32)1-2-22(21)12-23)5-6-25(26)27-33-30(9-10-30)28(37)34(27)15-20-16-35(38,17-20)29(18-36)7-8-29/h1-6,11-13,18,20H,7-10,15-17H2. The molecule has 1 saturated heterocycles. The fraction of sp³-hybridized carbons (Fsp3) is 0.333. The first-order valence-corrected chi connectivity index (χ1v) is 13.0. The largest absolute Gasteiger partial charge is 0.632 e. The quantitative estimate of drug-likeness (QED) is 0.282. The van der Waals surface area contributed by atoms with E-state index >= 15 is 4.39 Å². The van der Waals surface area contributed by atoms with Crippen molar-refractivity contribution >= 4 is 28.8 Å². The molecule has 2 saturated carbocycles. The van der Waals surface area contributed by atoms with Crippen molar-refractivity contribution in [1.29, 1.82) is 5.26 Å². The molecule has 2 heterocycles. The second kappa shape index (κ2) is 7.79. The molecule has 0 radical (unpaired) electrons. The number of carbonyl (C=O) groups excluding carboxylic acids is 2. The predicted molar refractivity (Wildman–Crippen MR) is 139 cm³/mol. The number of nitriles is 1. The summed E-state index contributed by atoms with van der Waals surface area (Å²) in [6, 6.07) is 18.3. The van der Waals surface area contributed by atoms with Gasteiger partial charge >= 0.3 is 0 Å². The lowest BCUT2D eigenvalue weighted by Crippen LogP contribution is -2.68. The molecule has 3 aromatic rings. The van der Waals surface area contributed by atoms with Crippen molar-refractivity contribution in [3.8, 4) is 17.2 Å². The number of benzene rings is 3. The van der Waals surface area contributed by atoms with Gasteiger partial charge in [0.25, 0.3) is 5.91 Å². The molecule has 8 heteroatoms. The lowest BCUT2D eigenvalue weighted by molar-refractivity contribution is -0.952. The molecule has 0 atom stereocenters. The zero-order chi connectivity index (χ0) is 26.3. The third-order valence-electron chi connectivity index (χ3n) is 8.80.